The fraction of sp³-hybridized carbons (Fsp3) is 0.583. The van der Waals surface area contributed by atoms with Crippen LogP contribution in [-0.2, 0) is 4.74 Å². The summed E-state index contributed by atoms with van der Waals surface area (Å²) in [5.74, 6) is 0.914. The second-order valence-corrected chi connectivity index (χ2v) is 3.44. The summed E-state index contributed by atoms with van der Waals surface area (Å²) in [5, 5.41) is 6.53. The summed E-state index contributed by atoms with van der Waals surface area (Å²) in [7, 11) is 0. The van der Waals surface area contributed by atoms with Gasteiger partial charge in [-0.15, -0.1) is 0 Å². The number of anilines is 2. The fourth-order valence-corrected chi connectivity index (χ4v) is 1.37. The number of hydrogen-bond donors (Lipinski definition) is 2. The quantitative estimate of drug-likeness (QED) is 0.664. The van der Waals surface area contributed by atoms with Gasteiger partial charge in [0.2, 0.25) is 0 Å². The van der Waals surface area contributed by atoms with Crippen LogP contribution < -0.4 is 10.6 Å². The summed E-state index contributed by atoms with van der Waals surface area (Å²) in [6.45, 7) is 7.49. The first kappa shape index (κ1) is 12.8. The molecule has 0 atom stereocenters. The summed E-state index contributed by atoms with van der Waals surface area (Å²) in [5.41, 5.74) is 1.10. The SMILES string of the molecule is CCNc1cc(NCCCOCC)ccn1. The minimum Gasteiger partial charge on any atom is -0.385 e. The Labute approximate surface area is 97.4 Å². The van der Waals surface area contributed by atoms with Crippen LogP contribution >= 0.6 is 0 Å². The lowest BCUT2D eigenvalue weighted by molar-refractivity contribution is 0.147. The first-order valence-electron chi connectivity index (χ1n) is 5.88. The Morgan fingerprint density at radius 1 is 1.31 bits per heavy atom. The van der Waals surface area contributed by atoms with Crippen molar-refractivity contribution in [1.82, 2.24) is 4.98 Å². The predicted octanol–water partition coefficient (Wildman–Crippen LogP) is 2.35. The van der Waals surface area contributed by atoms with E-state index in [4.69, 9.17) is 4.74 Å². The van der Waals surface area contributed by atoms with Crippen LogP contribution in [0, 0.1) is 0 Å². The molecule has 0 aliphatic rings. The molecular weight excluding hydrogens is 202 g/mol. The smallest absolute Gasteiger partial charge is 0.127 e. The maximum atomic E-state index is 5.27. The Bertz CT molecular complexity index is 291. The third kappa shape index (κ3) is 4.98. The second-order valence-electron chi connectivity index (χ2n) is 3.44. The molecule has 1 heterocycles. The molecule has 1 rings (SSSR count). The van der Waals surface area contributed by atoms with Crippen molar-refractivity contribution < 1.29 is 4.74 Å². The Balaban J connectivity index is 2.27. The van der Waals surface area contributed by atoms with Gasteiger partial charge < -0.3 is 15.4 Å². The third-order valence-corrected chi connectivity index (χ3v) is 2.12. The Morgan fingerprint density at radius 2 is 2.19 bits per heavy atom. The van der Waals surface area contributed by atoms with E-state index in [0.29, 0.717) is 0 Å². The number of aromatic nitrogens is 1. The molecule has 0 aliphatic heterocycles. The van der Waals surface area contributed by atoms with Gasteiger partial charge in [0, 0.05) is 44.3 Å². The van der Waals surface area contributed by atoms with Crippen molar-refractivity contribution >= 4 is 11.5 Å². The molecule has 90 valence electrons. The molecule has 0 saturated heterocycles. The van der Waals surface area contributed by atoms with Crippen LogP contribution in [0.15, 0.2) is 18.3 Å². The lowest BCUT2D eigenvalue weighted by Gasteiger charge is -2.08. The van der Waals surface area contributed by atoms with Gasteiger partial charge in [-0.2, -0.15) is 0 Å². The minimum absolute atomic E-state index is 0.791. The predicted molar refractivity (Wildman–Crippen MR) is 68.0 cm³/mol. The summed E-state index contributed by atoms with van der Waals surface area (Å²) < 4.78 is 5.27. The van der Waals surface area contributed by atoms with E-state index >= 15 is 0 Å². The van der Waals surface area contributed by atoms with Crippen molar-refractivity contribution in [3.8, 4) is 0 Å². The standard InChI is InChI=1S/C12H21N3O/c1-3-13-12-10-11(6-8-15-12)14-7-5-9-16-4-2/h6,8,10H,3-5,7,9H2,1-2H3,(H2,13,14,15). The first-order valence-corrected chi connectivity index (χ1v) is 5.88. The molecule has 0 fully saturated rings. The van der Waals surface area contributed by atoms with Gasteiger partial charge in [-0.25, -0.2) is 4.98 Å². The van der Waals surface area contributed by atoms with E-state index < -0.39 is 0 Å². The monoisotopic (exact) mass is 223 g/mol. The number of ether oxygens (including phenoxy) is 1. The number of hydrogen-bond acceptors (Lipinski definition) is 4. The average molecular weight is 223 g/mol. The van der Waals surface area contributed by atoms with Gasteiger partial charge >= 0.3 is 0 Å². The van der Waals surface area contributed by atoms with Crippen molar-refractivity contribution in [1.29, 1.82) is 0 Å². The fourth-order valence-electron chi connectivity index (χ4n) is 1.37. The van der Waals surface area contributed by atoms with E-state index in [2.05, 4.69) is 22.5 Å². The molecule has 0 bridgehead atoms. The van der Waals surface area contributed by atoms with Crippen LogP contribution in [0.1, 0.15) is 20.3 Å². The molecule has 0 amide bonds. The Hall–Kier alpha value is -1.29. The summed E-state index contributed by atoms with van der Waals surface area (Å²) >= 11 is 0. The zero-order valence-corrected chi connectivity index (χ0v) is 10.1. The van der Waals surface area contributed by atoms with Gasteiger partial charge in [-0.1, -0.05) is 0 Å². The van der Waals surface area contributed by atoms with Crippen molar-refractivity contribution in [3.63, 3.8) is 0 Å². The van der Waals surface area contributed by atoms with Gasteiger partial charge in [0.05, 0.1) is 0 Å². The van der Waals surface area contributed by atoms with Crippen LogP contribution in [0.2, 0.25) is 0 Å². The highest BCUT2D eigenvalue weighted by Gasteiger charge is 1.95. The lowest BCUT2D eigenvalue weighted by Crippen LogP contribution is -2.06. The normalized spacial score (nSPS) is 10.1. The minimum atomic E-state index is 0.791. The molecule has 0 saturated carbocycles. The molecule has 4 nitrogen and oxygen atoms in total. The zero-order chi connectivity index (χ0) is 11.6. The van der Waals surface area contributed by atoms with Crippen LogP contribution in [0.5, 0.6) is 0 Å². The maximum absolute atomic E-state index is 5.27. The first-order chi connectivity index (χ1) is 7.86. The summed E-state index contributed by atoms with van der Waals surface area (Å²) in [6.07, 6.45) is 2.83. The average Bonchev–Trinajstić information content (AvgIpc) is 2.30. The maximum Gasteiger partial charge on any atom is 0.127 e. The number of nitrogens with one attached hydrogen (secondary N) is 2. The van der Waals surface area contributed by atoms with Gasteiger partial charge in [-0.05, 0) is 26.3 Å². The molecule has 1 aromatic heterocycles. The zero-order valence-electron chi connectivity index (χ0n) is 10.1. The van der Waals surface area contributed by atoms with E-state index in [-0.39, 0.29) is 0 Å². The number of nitrogens with zero attached hydrogens (tertiary/aromatic N) is 1. The van der Waals surface area contributed by atoms with Gasteiger partial charge in [0.1, 0.15) is 5.82 Å². The van der Waals surface area contributed by atoms with Gasteiger partial charge in [-0.3, -0.25) is 0 Å². The van der Waals surface area contributed by atoms with Gasteiger partial charge in [0.25, 0.3) is 0 Å². The molecule has 0 radical (unpaired) electrons. The Kier molecular flexibility index (Phi) is 6.33. The topological polar surface area (TPSA) is 46.2 Å². The largest absolute Gasteiger partial charge is 0.385 e. The summed E-state index contributed by atoms with van der Waals surface area (Å²) in [4.78, 5) is 4.21. The van der Waals surface area contributed by atoms with E-state index in [0.717, 1.165) is 44.2 Å². The van der Waals surface area contributed by atoms with E-state index in [1.807, 2.05) is 25.3 Å². The van der Waals surface area contributed by atoms with Crippen molar-refractivity contribution in [2.45, 2.75) is 20.3 Å². The molecule has 1 aromatic rings. The lowest BCUT2D eigenvalue weighted by atomic mass is 10.3. The molecular formula is C12H21N3O. The highest BCUT2D eigenvalue weighted by atomic mass is 16.5. The van der Waals surface area contributed by atoms with Crippen LogP contribution in [0.4, 0.5) is 11.5 Å². The van der Waals surface area contributed by atoms with Crippen molar-refractivity contribution in [2.75, 3.05) is 36.9 Å². The van der Waals surface area contributed by atoms with E-state index in [1.54, 1.807) is 0 Å². The Morgan fingerprint density at radius 3 is 2.94 bits per heavy atom. The van der Waals surface area contributed by atoms with Crippen molar-refractivity contribution in [3.05, 3.63) is 18.3 Å². The van der Waals surface area contributed by atoms with Gasteiger partial charge in [0.15, 0.2) is 0 Å². The molecule has 0 aliphatic carbocycles. The van der Waals surface area contributed by atoms with Crippen LogP contribution in [0.3, 0.4) is 0 Å². The number of rotatable bonds is 8. The van der Waals surface area contributed by atoms with E-state index in [9.17, 15) is 0 Å². The third-order valence-electron chi connectivity index (χ3n) is 2.12. The summed E-state index contributed by atoms with van der Waals surface area (Å²) in [6, 6.07) is 3.99. The molecule has 4 heteroatoms. The number of pyridine rings is 1. The highest BCUT2D eigenvalue weighted by Crippen LogP contribution is 2.11. The molecule has 0 spiro atoms. The van der Waals surface area contributed by atoms with Crippen LogP contribution in [-0.4, -0.2) is 31.3 Å². The molecule has 0 aromatic carbocycles. The molecule has 2 N–H and O–H groups in total. The second kappa shape index (κ2) is 7.93. The molecule has 0 unspecified atom stereocenters. The van der Waals surface area contributed by atoms with Crippen molar-refractivity contribution in [2.24, 2.45) is 0 Å². The highest BCUT2D eigenvalue weighted by molar-refractivity contribution is 5.51. The molecule has 16 heavy (non-hydrogen) atoms. The van der Waals surface area contributed by atoms with Crippen LogP contribution in [0.25, 0.3) is 0 Å². The van der Waals surface area contributed by atoms with E-state index in [1.165, 1.54) is 0 Å².